The minimum absolute atomic E-state index is 0.00982. The van der Waals surface area contributed by atoms with Crippen molar-refractivity contribution in [3.63, 3.8) is 0 Å². The Bertz CT molecular complexity index is 933. The number of rotatable bonds is 4. The van der Waals surface area contributed by atoms with Gasteiger partial charge in [-0.2, -0.15) is 0 Å². The zero-order chi connectivity index (χ0) is 21.4. The van der Waals surface area contributed by atoms with Crippen LogP contribution < -0.4 is 5.32 Å². The third-order valence-corrected chi connectivity index (χ3v) is 7.56. The zero-order valence-corrected chi connectivity index (χ0v) is 18.4. The number of amides is 2. The number of hydrogen-bond acceptors (Lipinski definition) is 3. The van der Waals surface area contributed by atoms with Gasteiger partial charge in [-0.3, -0.25) is 9.59 Å². The largest absolute Gasteiger partial charge is 0.463 e. The van der Waals surface area contributed by atoms with Crippen LogP contribution in [0.15, 0.2) is 34.9 Å². The Labute approximate surface area is 184 Å². The molecule has 166 valence electrons. The lowest BCUT2D eigenvalue weighted by atomic mass is 9.91. The topological polar surface area (TPSA) is 67.5 Å². The molecule has 3 aliphatic rings. The fourth-order valence-corrected chi connectivity index (χ4v) is 5.87. The average Bonchev–Trinajstić information content (AvgIpc) is 3.49. The van der Waals surface area contributed by atoms with Gasteiger partial charge in [0.2, 0.25) is 5.91 Å². The lowest BCUT2D eigenvalue weighted by molar-refractivity contribution is -0.135. The van der Waals surface area contributed by atoms with Gasteiger partial charge in [0.1, 0.15) is 17.0 Å². The average molecular weight is 424 g/mol. The molecule has 0 spiro atoms. The molecule has 2 saturated carbocycles. The van der Waals surface area contributed by atoms with E-state index < -0.39 is 5.54 Å². The summed E-state index contributed by atoms with van der Waals surface area (Å²) in [4.78, 5) is 29.5. The van der Waals surface area contributed by atoms with E-state index in [1.165, 1.54) is 12.8 Å². The maximum atomic E-state index is 13.8. The van der Waals surface area contributed by atoms with Crippen molar-refractivity contribution in [3.8, 4) is 11.5 Å². The van der Waals surface area contributed by atoms with E-state index in [1.54, 1.807) is 6.26 Å². The summed E-state index contributed by atoms with van der Waals surface area (Å²) in [5, 5.41) is 3.35. The third kappa shape index (κ3) is 3.60. The smallest absolute Gasteiger partial charge is 0.271 e. The standard InChI is InChI=1S/C25H33N3O3/c1-25(24(30)26-18-9-4-2-3-5-10-18)17-27-20(22-13-8-16-31-22)14-15-21(27)23(29)28(25)19-11-6-7-12-19/h8,13-16,18-19H,2-7,9-12,17H2,1H3,(H,26,30)/t25-/m0/s1. The fraction of sp³-hybridized carbons (Fsp3) is 0.600. The molecule has 1 atom stereocenters. The van der Waals surface area contributed by atoms with Crippen LogP contribution in [-0.2, 0) is 11.3 Å². The highest BCUT2D eigenvalue weighted by molar-refractivity contribution is 6.00. The van der Waals surface area contributed by atoms with Gasteiger partial charge in [0, 0.05) is 12.1 Å². The first kappa shape index (κ1) is 20.4. The number of nitrogens with zero attached hydrogens (tertiary/aromatic N) is 2. The van der Waals surface area contributed by atoms with Gasteiger partial charge < -0.3 is 19.2 Å². The van der Waals surface area contributed by atoms with Crippen molar-refractivity contribution in [1.82, 2.24) is 14.8 Å². The number of hydrogen-bond donors (Lipinski definition) is 1. The predicted octanol–water partition coefficient (Wildman–Crippen LogP) is 4.74. The second kappa shape index (κ2) is 8.21. The van der Waals surface area contributed by atoms with Crippen molar-refractivity contribution < 1.29 is 14.0 Å². The summed E-state index contributed by atoms with van der Waals surface area (Å²) in [6.45, 7) is 2.41. The second-order valence-corrected chi connectivity index (χ2v) is 9.72. The molecule has 6 nitrogen and oxygen atoms in total. The van der Waals surface area contributed by atoms with E-state index in [2.05, 4.69) is 5.32 Å². The van der Waals surface area contributed by atoms with Crippen molar-refractivity contribution in [2.45, 2.75) is 95.3 Å². The molecule has 0 saturated heterocycles. The maximum Gasteiger partial charge on any atom is 0.271 e. The van der Waals surface area contributed by atoms with Gasteiger partial charge in [0.15, 0.2) is 0 Å². The molecule has 0 unspecified atom stereocenters. The Kier molecular flexibility index (Phi) is 5.40. The normalized spacial score (nSPS) is 25.5. The molecule has 1 aliphatic heterocycles. The Morgan fingerprint density at radius 2 is 1.68 bits per heavy atom. The summed E-state index contributed by atoms with van der Waals surface area (Å²) in [6.07, 6.45) is 12.7. The highest BCUT2D eigenvalue weighted by Gasteiger charge is 2.51. The van der Waals surface area contributed by atoms with E-state index in [4.69, 9.17) is 4.42 Å². The van der Waals surface area contributed by atoms with Gasteiger partial charge in [-0.15, -0.1) is 0 Å². The molecule has 2 aliphatic carbocycles. The number of carbonyl (C=O) groups excluding carboxylic acids is 2. The first-order valence-electron chi connectivity index (χ1n) is 12.0. The van der Waals surface area contributed by atoms with Gasteiger partial charge in [-0.05, 0) is 56.9 Å². The molecule has 3 heterocycles. The van der Waals surface area contributed by atoms with Crippen molar-refractivity contribution in [2.24, 2.45) is 0 Å². The van der Waals surface area contributed by atoms with Crippen LogP contribution in [0.5, 0.6) is 0 Å². The highest BCUT2D eigenvalue weighted by atomic mass is 16.3. The van der Waals surface area contributed by atoms with Crippen LogP contribution in [0.2, 0.25) is 0 Å². The summed E-state index contributed by atoms with van der Waals surface area (Å²) in [5.74, 6) is 0.679. The summed E-state index contributed by atoms with van der Waals surface area (Å²) < 4.78 is 7.61. The lowest BCUT2D eigenvalue weighted by Gasteiger charge is -2.47. The first-order chi connectivity index (χ1) is 15.1. The SMILES string of the molecule is C[C@@]1(C(=O)NC2CCCCCC2)Cn2c(ccc2-c2ccco2)C(=O)N1C1CCCC1. The molecule has 2 amide bonds. The van der Waals surface area contributed by atoms with E-state index in [-0.39, 0.29) is 23.9 Å². The van der Waals surface area contributed by atoms with Crippen LogP contribution in [0.4, 0.5) is 0 Å². The Morgan fingerprint density at radius 1 is 1.00 bits per heavy atom. The highest BCUT2D eigenvalue weighted by Crippen LogP contribution is 2.38. The number of furan rings is 1. The van der Waals surface area contributed by atoms with Gasteiger partial charge in [0.05, 0.1) is 18.5 Å². The van der Waals surface area contributed by atoms with Crippen LogP contribution in [0, 0.1) is 0 Å². The third-order valence-electron chi connectivity index (χ3n) is 7.56. The van der Waals surface area contributed by atoms with Crippen LogP contribution >= 0.6 is 0 Å². The molecular weight excluding hydrogens is 390 g/mol. The van der Waals surface area contributed by atoms with E-state index in [0.29, 0.717) is 12.2 Å². The molecule has 31 heavy (non-hydrogen) atoms. The number of nitrogens with one attached hydrogen (secondary N) is 1. The molecule has 1 N–H and O–H groups in total. The maximum absolute atomic E-state index is 13.8. The molecular formula is C25H33N3O3. The first-order valence-corrected chi connectivity index (χ1v) is 12.0. The van der Waals surface area contributed by atoms with E-state index >= 15 is 0 Å². The minimum Gasteiger partial charge on any atom is -0.463 e. The lowest BCUT2D eigenvalue weighted by Crippen LogP contribution is -2.67. The van der Waals surface area contributed by atoms with Crippen molar-refractivity contribution >= 4 is 11.8 Å². The van der Waals surface area contributed by atoms with Gasteiger partial charge in [-0.25, -0.2) is 0 Å². The molecule has 5 rings (SSSR count). The molecule has 2 aromatic rings. The number of aromatic nitrogens is 1. The van der Waals surface area contributed by atoms with E-state index in [9.17, 15) is 9.59 Å². The number of carbonyl (C=O) groups is 2. The second-order valence-electron chi connectivity index (χ2n) is 9.72. The molecule has 0 aromatic carbocycles. The van der Waals surface area contributed by atoms with Crippen molar-refractivity contribution in [1.29, 1.82) is 0 Å². The molecule has 2 fully saturated rings. The fourth-order valence-electron chi connectivity index (χ4n) is 5.87. The van der Waals surface area contributed by atoms with Gasteiger partial charge in [-0.1, -0.05) is 38.5 Å². The Morgan fingerprint density at radius 3 is 2.35 bits per heavy atom. The minimum atomic E-state index is -0.911. The summed E-state index contributed by atoms with van der Waals surface area (Å²) in [7, 11) is 0. The molecule has 2 aromatic heterocycles. The summed E-state index contributed by atoms with van der Waals surface area (Å²) in [6, 6.07) is 7.91. The Hall–Kier alpha value is -2.50. The summed E-state index contributed by atoms with van der Waals surface area (Å²) >= 11 is 0. The van der Waals surface area contributed by atoms with Crippen LogP contribution in [0.3, 0.4) is 0 Å². The van der Waals surface area contributed by atoms with Gasteiger partial charge in [0.25, 0.3) is 5.91 Å². The van der Waals surface area contributed by atoms with Crippen LogP contribution in [0.1, 0.15) is 81.6 Å². The monoisotopic (exact) mass is 423 g/mol. The van der Waals surface area contributed by atoms with E-state index in [1.807, 2.05) is 40.7 Å². The molecule has 0 radical (unpaired) electrons. The molecule has 6 heteroatoms. The predicted molar refractivity (Wildman–Crippen MR) is 119 cm³/mol. The number of fused-ring (bicyclic) bond motifs is 1. The summed E-state index contributed by atoms with van der Waals surface area (Å²) in [5.41, 5.74) is 0.595. The van der Waals surface area contributed by atoms with E-state index in [0.717, 1.165) is 62.8 Å². The van der Waals surface area contributed by atoms with Crippen LogP contribution in [0.25, 0.3) is 11.5 Å². The van der Waals surface area contributed by atoms with Crippen LogP contribution in [-0.4, -0.2) is 38.9 Å². The van der Waals surface area contributed by atoms with Crippen molar-refractivity contribution in [3.05, 3.63) is 36.2 Å². The molecule has 0 bridgehead atoms. The van der Waals surface area contributed by atoms with Gasteiger partial charge >= 0.3 is 0 Å². The van der Waals surface area contributed by atoms with Crippen molar-refractivity contribution in [2.75, 3.05) is 0 Å². The Balaban J connectivity index is 1.51. The zero-order valence-electron chi connectivity index (χ0n) is 18.4. The quantitative estimate of drug-likeness (QED) is 0.722.